The van der Waals surface area contributed by atoms with Crippen LogP contribution < -0.4 is 0 Å². The van der Waals surface area contributed by atoms with Crippen molar-refractivity contribution in [3.8, 4) is 0 Å². The highest BCUT2D eigenvalue weighted by Crippen LogP contribution is 2.22. The minimum Gasteiger partial charge on any atom is -0.203 e. The third-order valence-electron chi connectivity index (χ3n) is 4.27. The lowest BCUT2D eigenvalue weighted by Crippen LogP contribution is -2.01. The van der Waals surface area contributed by atoms with Crippen molar-refractivity contribution < 1.29 is 8.78 Å². The molecule has 0 nitrogen and oxygen atoms in total. The average Bonchev–Trinajstić information content (AvgIpc) is 2.58. The van der Waals surface area contributed by atoms with Gasteiger partial charge < -0.3 is 0 Å². The normalized spacial score (nSPS) is 10.8. The van der Waals surface area contributed by atoms with Gasteiger partial charge >= 0.3 is 0 Å². The van der Waals surface area contributed by atoms with Crippen LogP contribution in [0.1, 0.15) is 33.4 Å². The molecule has 0 aliphatic rings. The summed E-state index contributed by atoms with van der Waals surface area (Å²) >= 11 is 0. The molecule has 0 heterocycles. The van der Waals surface area contributed by atoms with Gasteiger partial charge in [0.05, 0.1) is 0 Å². The summed E-state index contributed by atoms with van der Waals surface area (Å²) < 4.78 is 28.8. The van der Waals surface area contributed by atoms with E-state index in [4.69, 9.17) is 0 Å². The Morgan fingerprint density at radius 3 is 1.21 bits per heavy atom. The van der Waals surface area contributed by atoms with Gasteiger partial charge in [0.2, 0.25) is 0 Å². The van der Waals surface area contributed by atoms with E-state index in [0.717, 1.165) is 22.3 Å². The van der Waals surface area contributed by atoms with Crippen molar-refractivity contribution in [3.63, 3.8) is 0 Å². The molecule has 0 bridgehead atoms. The molecule has 0 radical (unpaired) electrons. The summed E-state index contributed by atoms with van der Waals surface area (Å²) in [5.41, 5.74) is 5.04. The topological polar surface area (TPSA) is 0 Å². The smallest absolute Gasteiger partial charge is 0.162 e. The van der Waals surface area contributed by atoms with Crippen LogP contribution in [0.2, 0.25) is 0 Å². The van der Waals surface area contributed by atoms with Crippen molar-refractivity contribution in [1.82, 2.24) is 0 Å². The Morgan fingerprint density at radius 2 is 0.875 bits per heavy atom. The summed E-state index contributed by atoms with van der Waals surface area (Å²) in [6.07, 6.45) is 0.793. The number of hydrogen-bond donors (Lipinski definition) is 0. The maximum absolute atomic E-state index is 14.4. The van der Waals surface area contributed by atoms with Crippen LogP contribution in [0, 0.1) is 25.5 Å². The molecule has 0 aromatic heterocycles. The van der Waals surface area contributed by atoms with Crippen molar-refractivity contribution in [3.05, 3.63) is 106 Å². The summed E-state index contributed by atoms with van der Waals surface area (Å²) in [7, 11) is 0. The van der Waals surface area contributed by atoms with Crippen LogP contribution in [0.5, 0.6) is 0 Å². The van der Waals surface area contributed by atoms with Crippen molar-refractivity contribution in [1.29, 1.82) is 0 Å². The summed E-state index contributed by atoms with van der Waals surface area (Å²) in [4.78, 5) is 0. The van der Waals surface area contributed by atoms with Crippen LogP contribution in [-0.4, -0.2) is 0 Å². The number of benzene rings is 3. The first-order valence-electron chi connectivity index (χ1n) is 8.10. The van der Waals surface area contributed by atoms with Crippen LogP contribution in [0.15, 0.2) is 60.7 Å². The highest BCUT2D eigenvalue weighted by Gasteiger charge is 2.14. The molecule has 0 aliphatic carbocycles. The van der Waals surface area contributed by atoms with Gasteiger partial charge in [-0.2, -0.15) is 0 Å². The molecule has 3 rings (SSSR count). The lowest BCUT2D eigenvalue weighted by molar-refractivity contribution is 0.493. The first-order valence-corrected chi connectivity index (χ1v) is 8.10. The van der Waals surface area contributed by atoms with Gasteiger partial charge in [-0.25, -0.2) is 8.78 Å². The fourth-order valence-electron chi connectivity index (χ4n) is 2.75. The van der Waals surface area contributed by atoms with Crippen LogP contribution in [0.3, 0.4) is 0 Å². The highest BCUT2D eigenvalue weighted by molar-refractivity contribution is 5.35. The second-order valence-corrected chi connectivity index (χ2v) is 6.34. The number of halogens is 2. The quantitative estimate of drug-likeness (QED) is 0.572. The van der Waals surface area contributed by atoms with Gasteiger partial charge in [0, 0.05) is 12.8 Å². The van der Waals surface area contributed by atoms with Crippen LogP contribution in [0.4, 0.5) is 8.78 Å². The van der Waals surface area contributed by atoms with Gasteiger partial charge in [0.15, 0.2) is 11.6 Å². The monoisotopic (exact) mass is 322 g/mol. The predicted molar refractivity (Wildman–Crippen MR) is 94.3 cm³/mol. The third-order valence-corrected chi connectivity index (χ3v) is 4.27. The fraction of sp³-hybridized carbons (Fsp3) is 0.182. The standard InChI is InChI=1S/C22H20F2/c1-15-3-7-17(8-4-15)13-19-11-12-20(22(24)21(19)23)14-18-9-5-16(2)6-10-18/h3-12H,13-14H2,1-2H3. The van der Waals surface area contributed by atoms with Crippen LogP contribution >= 0.6 is 0 Å². The minimum atomic E-state index is -0.736. The SMILES string of the molecule is Cc1ccc(Cc2ccc(Cc3ccc(C)cc3)c(F)c2F)cc1. The highest BCUT2D eigenvalue weighted by atomic mass is 19.2. The lowest BCUT2D eigenvalue weighted by Gasteiger charge is -2.09. The molecule has 2 heteroatoms. The molecule has 0 aliphatic heterocycles. The number of hydrogen-bond acceptors (Lipinski definition) is 0. The van der Waals surface area contributed by atoms with E-state index >= 15 is 0 Å². The van der Waals surface area contributed by atoms with Crippen molar-refractivity contribution in [2.45, 2.75) is 26.7 Å². The first kappa shape index (κ1) is 16.4. The number of aryl methyl sites for hydroxylation is 2. The van der Waals surface area contributed by atoms with E-state index in [1.54, 1.807) is 12.1 Å². The maximum atomic E-state index is 14.4. The molecule has 3 aromatic rings. The Hall–Kier alpha value is -2.48. The van der Waals surface area contributed by atoms with Gasteiger partial charge in [0.25, 0.3) is 0 Å². The Kier molecular flexibility index (Phi) is 4.75. The largest absolute Gasteiger partial charge is 0.203 e. The van der Waals surface area contributed by atoms with E-state index < -0.39 is 11.6 Å². The Balaban J connectivity index is 1.82. The van der Waals surface area contributed by atoms with Crippen molar-refractivity contribution >= 4 is 0 Å². The van der Waals surface area contributed by atoms with Gasteiger partial charge in [-0.1, -0.05) is 71.8 Å². The lowest BCUT2D eigenvalue weighted by atomic mass is 9.98. The molecule has 0 saturated carbocycles. The molecule has 122 valence electrons. The summed E-state index contributed by atoms with van der Waals surface area (Å²) in [6, 6.07) is 19.1. The van der Waals surface area contributed by atoms with Crippen LogP contribution in [-0.2, 0) is 12.8 Å². The van der Waals surface area contributed by atoms with Crippen molar-refractivity contribution in [2.75, 3.05) is 0 Å². The van der Waals surface area contributed by atoms with E-state index in [-0.39, 0.29) is 0 Å². The Bertz CT molecular complexity index is 759. The average molecular weight is 322 g/mol. The predicted octanol–water partition coefficient (Wildman–Crippen LogP) is 5.76. The molecule has 0 spiro atoms. The molecule has 0 fully saturated rings. The Morgan fingerprint density at radius 1 is 0.542 bits per heavy atom. The molecule has 3 aromatic carbocycles. The first-order chi connectivity index (χ1) is 11.5. The summed E-state index contributed by atoms with van der Waals surface area (Å²) in [5, 5.41) is 0. The van der Waals surface area contributed by atoms with E-state index in [1.807, 2.05) is 62.4 Å². The molecule has 0 atom stereocenters. The van der Waals surface area contributed by atoms with E-state index in [9.17, 15) is 8.78 Å². The fourth-order valence-corrected chi connectivity index (χ4v) is 2.75. The molecule has 0 saturated heterocycles. The zero-order chi connectivity index (χ0) is 17.1. The second-order valence-electron chi connectivity index (χ2n) is 6.34. The van der Waals surface area contributed by atoms with Gasteiger partial charge in [-0.05, 0) is 36.1 Å². The molecule has 0 unspecified atom stereocenters. The minimum absolute atomic E-state index is 0.393. The van der Waals surface area contributed by atoms with E-state index in [0.29, 0.717) is 24.0 Å². The van der Waals surface area contributed by atoms with Crippen molar-refractivity contribution in [2.24, 2.45) is 0 Å². The van der Waals surface area contributed by atoms with Crippen LogP contribution in [0.25, 0.3) is 0 Å². The maximum Gasteiger partial charge on any atom is 0.162 e. The molecular weight excluding hydrogens is 302 g/mol. The van der Waals surface area contributed by atoms with E-state index in [2.05, 4.69) is 0 Å². The number of rotatable bonds is 4. The Labute approximate surface area is 141 Å². The zero-order valence-corrected chi connectivity index (χ0v) is 13.9. The summed E-state index contributed by atoms with van der Waals surface area (Å²) in [5.74, 6) is -1.47. The van der Waals surface area contributed by atoms with E-state index in [1.165, 1.54) is 0 Å². The zero-order valence-electron chi connectivity index (χ0n) is 13.9. The summed E-state index contributed by atoms with van der Waals surface area (Å²) in [6.45, 7) is 4.01. The third kappa shape index (κ3) is 3.70. The molecule has 0 amide bonds. The second kappa shape index (κ2) is 6.96. The van der Waals surface area contributed by atoms with Gasteiger partial charge in [0.1, 0.15) is 0 Å². The van der Waals surface area contributed by atoms with Gasteiger partial charge in [-0.15, -0.1) is 0 Å². The van der Waals surface area contributed by atoms with Gasteiger partial charge in [-0.3, -0.25) is 0 Å². The molecule has 24 heavy (non-hydrogen) atoms. The molecule has 0 N–H and O–H groups in total. The molecular formula is C22H20F2.